The Morgan fingerprint density at radius 2 is 1.65 bits per heavy atom. The van der Waals surface area contributed by atoms with Gasteiger partial charge in [-0.05, 0) is 18.6 Å². The van der Waals surface area contributed by atoms with Gasteiger partial charge in [-0.15, -0.1) is 0 Å². The maximum atomic E-state index is 9.15. The summed E-state index contributed by atoms with van der Waals surface area (Å²) in [5.74, 6) is 0. The van der Waals surface area contributed by atoms with Crippen LogP contribution >= 0.6 is 0 Å². The van der Waals surface area contributed by atoms with E-state index < -0.39 is 0 Å². The van der Waals surface area contributed by atoms with Gasteiger partial charge in [0.1, 0.15) is 11.8 Å². The van der Waals surface area contributed by atoms with Crippen molar-refractivity contribution in [2.45, 2.75) is 6.92 Å². The maximum Gasteiger partial charge on any atom is 0.148 e. The molecule has 17 heavy (non-hydrogen) atoms. The van der Waals surface area contributed by atoms with Gasteiger partial charge in [0.25, 0.3) is 0 Å². The molecule has 0 bridgehead atoms. The molecule has 0 unspecified atom stereocenters. The van der Waals surface area contributed by atoms with Gasteiger partial charge in [-0.2, -0.15) is 5.26 Å². The molecule has 0 aromatic heterocycles. The van der Waals surface area contributed by atoms with Crippen molar-refractivity contribution < 1.29 is 0 Å². The topological polar surface area (TPSA) is 36.1 Å². The molecule has 0 spiro atoms. The van der Waals surface area contributed by atoms with E-state index in [2.05, 4.69) is 11.1 Å². The summed E-state index contributed by atoms with van der Waals surface area (Å²) in [5.41, 5.74) is 3.20. The fourth-order valence-electron chi connectivity index (χ4n) is 1.56. The van der Waals surface area contributed by atoms with Crippen molar-refractivity contribution in [2.75, 3.05) is 0 Å². The van der Waals surface area contributed by atoms with E-state index in [-0.39, 0.29) is 0 Å². The minimum absolute atomic E-state index is 0.444. The third-order valence-corrected chi connectivity index (χ3v) is 2.50. The van der Waals surface area contributed by atoms with E-state index in [1.807, 2.05) is 61.5 Å². The molecule has 2 aromatic carbocycles. The first-order valence-corrected chi connectivity index (χ1v) is 5.41. The smallest absolute Gasteiger partial charge is 0.148 e. The molecule has 0 aliphatic carbocycles. The first-order chi connectivity index (χ1) is 8.31. The molecular weight excluding hydrogens is 208 g/mol. The summed E-state index contributed by atoms with van der Waals surface area (Å²) in [5, 5.41) is 9.15. The summed E-state index contributed by atoms with van der Waals surface area (Å²) < 4.78 is 0. The highest BCUT2D eigenvalue weighted by Crippen LogP contribution is 2.18. The molecule has 0 saturated heterocycles. The Balaban J connectivity index is 2.45. The standard InChI is InChI=1S/C15H12N2/c1-12-7-5-6-10-14(12)17-15(11-16)13-8-3-2-4-9-13/h2-10H,1H3. The van der Waals surface area contributed by atoms with Crippen molar-refractivity contribution in [1.29, 1.82) is 5.26 Å². The summed E-state index contributed by atoms with van der Waals surface area (Å²) in [6.07, 6.45) is 0. The van der Waals surface area contributed by atoms with Gasteiger partial charge in [-0.1, -0.05) is 48.5 Å². The predicted octanol–water partition coefficient (Wildman–Crippen LogP) is 3.64. The van der Waals surface area contributed by atoms with Crippen LogP contribution in [0, 0.1) is 18.3 Å². The zero-order valence-corrected chi connectivity index (χ0v) is 9.59. The van der Waals surface area contributed by atoms with E-state index in [0.29, 0.717) is 5.71 Å². The SMILES string of the molecule is Cc1ccccc1N=C(C#N)c1ccccc1. The number of hydrogen-bond acceptors (Lipinski definition) is 2. The van der Waals surface area contributed by atoms with Crippen LogP contribution in [0.2, 0.25) is 0 Å². The number of aliphatic imine (C=N–C) groups is 1. The highest BCUT2D eigenvalue weighted by molar-refractivity contribution is 6.12. The van der Waals surface area contributed by atoms with E-state index in [9.17, 15) is 0 Å². The molecule has 0 saturated carbocycles. The predicted molar refractivity (Wildman–Crippen MR) is 69.4 cm³/mol. The molecule has 2 heteroatoms. The summed E-state index contributed by atoms with van der Waals surface area (Å²) in [4.78, 5) is 4.40. The second-order valence-corrected chi connectivity index (χ2v) is 3.72. The zero-order chi connectivity index (χ0) is 12.1. The third-order valence-electron chi connectivity index (χ3n) is 2.50. The number of hydrogen-bond donors (Lipinski definition) is 0. The minimum Gasteiger partial charge on any atom is -0.237 e. The number of nitriles is 1. The van der Waals surface area contributed by atoms with Crippen molar-refractivity contribution in [1.82, 2.24) is 0 Å². The average Bonchev–Trinajstić information content (AvgIpc) is 2.39. The summed E-state index contributed by atoms with van der Waals surface area (Å²) in [6, 6.07) is 19.4. The fraction of sp³-hybridized carbons (Fsp3) is 0.0667. The molecule has 82 valence electrons. The van der Waals surface area contributed by atoms with Crippen LogP contribution in [0.4, 0.5) is 5.69 Å². The van der Waals surface area contributed by atoms with Gasteiger partial charge < -0.3 is 0 Å². The molecule has 0 heterocycles. The lowest BCUT2D eigenvalue weighted by Gasteiger charge is -2.01. The maximum absolute atomic E-state index is 9.15. The van der Waals surface area contributed by atoms with E-state index in [0.717, 1.165) is 16.8 Å². The number of aryl methyl sites for hydroxylation is 1. The van der Waals surface area contributed by atoms with Gasteiger partial charge in [0.2, 0.25) is 0 Å². The first-order valence-electron chi connectivity index (χ1n) is 5.41. The molecular formula is C15H12N2. The number of rotatable bonds is 2. The molecule has 0 amide bonds. The Morgan fingerprint density at radius 3 is 2.29 bits per heavy atom. The lowest BCUT2D eigenvalue weighted by atomic mass is 10.1. The third kappa shape index (κ3) is 2.59. The van der Waals surface area contributed by atoms with Gasteiger partial charge in [0.05, 0.1) is 5.69 Å². The molecule has 2 nitrogen and oxygen atoms in total. The molecule has 0 fully saturated rings. The molecule has 2 aromatic rings. The zero-order valence-electron chi connectivity index (χ0n) is 9.59. The highest BCUT2D eigenvalue weighted by Gasteiger charge is 2.02. The number of nitrogens with zero attached hydrogens (tertiary/aromatic N) is 2. The van der Waals surface area contributed by atoms with Crippen molar-refractivity contribution in [2.24, 2.45) is 4.99 Å². The lowest BCUT2D eigenvalue weighted by molar-refractivity contribution is 1.39. The van der Waals surface area contributed by atoms with Crippen LogP contribution in [0.25, 0.3) is 0 Å². The highest BCUT2D eigenvalue weighted by atomic mass is 14.7. The van der Waals surface area contributed by atoms with Crippen molar-refractivity contribution >= 4 is 11.4 Å². The van der Waals surface area contributed by atoms with Gasteiger partial charge in [0.15, 0.2) is 0 Å². The van der Waals surface area contributed by atoms with Gasteiger partial charge in [0, 0.05) is 5.56 Å². The van der Waals surface area contributed by atoms with E-state index in [4.69, 9.17) is 5.26 Å². The van der Waals surface area contributed by atoms with Crippen LogP contribution in [0.15, 0.2) is 59.6 Å². The van der Waals surface area contributed by atoms with Crippen LogP contribution < -0.4 is 0 Å². The van der Waals surface area contributed by atoms with Crippen molar-refractivity contribution in [3.8, 4) is 6.07 Å². The quantitative estimate of drug-likeness (QED) is 0.712. The Labute approximate surface area is 101 Å². The van der Waals surface area contributed by atoms with Gasteiger partial charge >= 0.3 is 0 Å². The Morgan fingerprint density at radius 1 is 1.00 bits per heavy atom. The van der Waals surface area contributed by atoms with Crippen molar-refractivity contribution in [3.05, 3.63) is 65.7 Å². The monoisotopic (exact) mass is 220 g/mol. The number of benzene rings is 2. The molecule has 0 radical (unpaired) electrons. The minimum atomic E-state index is 0.444. The first kappa shape index (κ1) is 11.1. The van der Waals surface area contributed by atoms with Crippen LogP contribution in [0.3, 0.4) is 0 Å². The van der Waals surface area contributed by atoms with E-state index in [1.54, 1.807) is 0 Å². The fourth-order valence-corrected chi connectivity index (χ4v) is 1.56. The molecule has 0 N–H and O–H groups in total. The van der Waals surface area contributed by atoms with E-state index >= 15 is 0 Å². The number of para-hydroxylation sites is 1. The van der Waals surface area contributed by atoms with Crippen LogP contribution in [0.5, 0.6) is 0 Å². The average molecular weight is 220 g/mol. The summed E-state index contributed by atoms with van der Waals surface area (Å²) in [7, 11) is 0. The Kier molecular flexibility index (Phi) is 3.32. The molecule has 0 aliphatic heterocycles. The Bertz CT molecular complexity index is 577. The van der Waals surface area contributed by atoms with Crippen molar-refractivity contribution in [3.63, 3.8) is 0 Å². The second-order valence-electron chi connectivity index (χ2n) is 3.72. The molecule has 0 aliphatic rings. The van der Waals surface area contributed by atoms with Gasteiger partial charge in [-0.3, -0.25) is 0 Å². The Hall–Kier alpha value is -2.40. The normalized spacial score (nSPS) is 10.9. The van der Waals surface area contributed by atoms with Crippen LogP contribution in [0.1, 0.15) is 11.1 Å². The molecule has 0 atom stereocenters. The van der Waals surface area contributed by atoms with Gasteiger partial charge in [-0.25, -0.2) is 4.99 Å². The summed E-state index contributed by atoms with van der Waals surface area (Å²) in [6.45, 7) is 1.98. The van der Waals surface area contributed by atoms with Crippen LogP contribution in [-0.2, 0) is 0 Å². The lowest BCUT2D eigenvalue weighted by Crippen LogP contribution is -1.96. The second kappa shape index (κ2) is 5.09. The molecule has 2 rings (SSSR count). The summed E-state index contributed by atoms with van der Waals surface area (Å²) >= 11 is 0. The largest absolute Gasteiger partial charge is 0.237 e. The van der Waals surface area contributed by atoms with Crippen LogP contribution in [-0.4, -0.2) is 5.71 Å². The van der Waals surface area contributed by atoms with E-state index in [1.165, 1.54) is 0 Å².